The number of carbonyl (C=O) groups excluding carboxylic acids is 1. The van der Waals surface area contributed by atoms with Crippen molar-refractivity contribution in [1.29, 1.82) is 0 Å². The van der Waals surface area contributed by atoms with Gasteiger partial charge in [0.05, 0.1) is 32.0 Å². The average Bonchev–Trinajstić information content (AvgIpc) is 3.00. The SMILES string of the molecule is COc1cccc(CNC(=O)c2c(C)nn(Cc3ccc(C)cc3)c2Cl)c1OC. The zero-order chi connectivity index (χ0) is 21.0. The van der Waals surface area contributed by atoms with Crippen molar-refractivity contribution in [2.45, 2.75) is 26.9 Å². The predicted molar refractivity (Wildman–Crippen MR) is 113 cm³/mol. The lowest BCUT2D eigenvalue weighted by Crippen LogP contribution is -2.24. The maximum absolute atomic E-state index is 12.8. The van der Waals surface area contributed by atoms with E-state index >= 15 is 0 Å². The quantitative estimate of drug-likeness (QED) is 0.632. The lowest BCUT2D eigenvalue weighted by molar-refractivity contribution is 0.0950. The van der Waals surface area contributed by atoms with Gasteiger partial charge in [0.2, 0.25) is 0 Å². The van der Waals surface area contributed by atoms with Gasteiger partial charge < -0.3 is 14.8 Å². The summed E-state index contributed by atoms with van der Waals surface area (Å²) >= 11 is 6.49. The molecule has 0 aliphatic heterocycles. The van der Waals surface area contributed by atoms with Crippen molar-refractivity contribution in [2.75, 3.05) is 14.2 Å². The highest BCUT2D eigenvalue weighted by atomic mass is 35.5. The lowest BCUT2D eigenvalue weighted by atomic mass is 10.1. The topological polar surface area (TPSA) is 65.4 Å². The molecule has 0 spiro atoms. The van der Waals surface area contributed by atoms with E-state index in [9.17, 15) is 4.79 Å². The molecular formula is C22H24ClN3O3. The number of para-hydroxylation sites is 1. The van der Waals surface area contributed by atoms with Crippen LogP contribution in [0.4, 0.5) is 0 Å². The number of methoxy groups -OCH3 is 2. The Morgan fingerprint density at radius 1 is 1.10 bits per heavy atom. The first-order valence-electron chi connectivity index (χ1n) is 9.21. The summed E-state index contributed by atoms with van der Waals surface area (Å²) in [5, 5.41) is 7.66. The Labute approximate surface area is 175 Å². The number of hydrogen-bond donors (Lipinski definition) is 1. The minimum Gasteiger partial charge on any atom is -0.493 e. The Bertz CT molecular complexity index is 1010. The predicted octanol–water partition coefficient (Wildman–Crippen LogP) is 4.15. The summed E-state index contributed by atoms with van der Waals surface area (Å²) in [4.78, 5) is 12.8. The van der Waals surface area contributed by atoms with Gasteiger partial charge in [-0.3, -0.25) is 4.79 Å². The van der Waals surface area contributed by atoms with Crippen LogP contribution in [0.25, 0.3) is 0 Å². The van der Waals surface area contributed by atoms with Crippen LogP contribution in [0, 0.1) is 13.8 Å². The smallest absolute Gasteiger partial charge is 0.256 e. The van der Waals surface area contributed by atoms with Crippen LogP contribution in [0.3, 0.4) is 0 Å². The van der Waals surface area contributed by atoms with E-state index in [2.05, 4.69) is 10.4 Å². The van der Waals surface area contributed by atoms with Gasteiger partial charge >= 0.3 is 0 Å². The third-order valence-electron chi connectivity index (χ3n) is 4.67. The fourth-order valence-electron chi connectivity index (χ4n) is 3.14. The van der Waals surface area contributed by atoms with Crippen LogP contribution in [0.2, 0.25) is 5.15 Å². The van der Waals surface area contributed by atoms with Gasteiger partial charge in [-0.2, -0.15) is 5.10 Å². The van der Waals surface area contributed by atoms with Gasteiger partial charge in [-0.1, -0.05) is 53.6 Å². The molecule has 0 unspecified atom stereocenters. The van der Waals surface area contributed by atoms with Crippen molar-refractivity contribution in [3.63, 3.8) is 0 Å². The van der Waals surface area contributed by atoms with E-state index in [-0.39, 0.29) is 12.5 Å². The molecule has 0 atom stereocenters. The molecule has 1 heterocycles. The lowest BCUT2D eigenvalue weighted by Gasteiger charge is -2.13. The minimum atomic E-state index is -0.285. The number of nitrogens with zero attached hydrogens (tertiary/aromatic N) is 2. The van der Waals surface area contributed by atoms with Gasteiger partial charge in [0.25, 0.3) is 5.91 Å². The molecule has 0 saturated heterocycles. The third-order valence-corrected chi connectivity index (χ3v) is 5.05. The zero-order valence-electron chi connectivity index (χ0n) is 17.0. The largest absolute Gasteiger partial charge is 0.493 e. The molecule has 0 aliphatic carbocycles. The second-order valence-electron chi connectivity index (χ2n) is 6.73. The molecule has 3 rings (SSSR count). The van der Waals surface area contributed by atoms with E-state index in [4.69, 9.17) is 21.1 Å². The summed E-state index contributed by atoms with van der Waals surface area (Å²) in [6.45, 7) is 4.59. The van der Waals surface area contributed by atoms with Gasteiger partial charge in [0.1, 0.15) is 5.15 Å². The fourth-order valence-corrected chi connectivity index (χ4v) is 3.46. The Morgan fingerprint density at radius 2 is 1.83 bits per heavy atom. The number of hydrogen-bond acceptors (Lipinski definition) is 4. The van der Waals surface area contributed by atoms with Crippen molar-refractivity contribution in [2.24, 2.45) is 0 Å². The summed E-state index contributed by atoms with van der Waals surface area (Å²) in [6, 6.07) is 13.6. The Hall–Kier alpha value is -2.99. The molecule has 1 amide bonds. The molecule has 0 fully saturated rings. The van der Waals surface area contributed by atoms with Gasteiger partial charge in [0.15, 0.2) is 11.5 Å². The number of benzene rings is 2. The summed E-state index contributed by atoms with van der Waals surface area (Å²) in [7, 11) is 3.14. The molecule has 1 N–H and O–H groups in total. The Kier molecular flexibility index (Phi) is 6.44. The number of amides is 1. The molecule has 3 aromatic rings. The molecule has 6 nitrogen and oxygen atoms in total. The van der Waals surface area contributed by atoms with Crippen molar-refractivity contribution >= 4 is 17.5 Å². The molecule has 7 heteroatoms. The van der Waals surface area contributed by atoms with Crippen molar-refractivity contribution in [3.05, 3.63) is 75.6 Å². The molecule has 1 aromatic heterocycles. The number of aromatic nitrogens is 2. The summed E-state index contributed by atoms with van der Waals surface area (Å²) < 4.78 is 12.4. The molecule has 2 aromatic carbocycles. The first-order valence-corrected chi connectivity index (χ1v) is 9.59. The number of ether oxygens (including phenoxy) is 2. The van der Waals surface area contributed by atoms with Crippen LogP contribution in [-0.2, 0) is 13.1 Å². The van der Waals surface area contributed by atoms with Crippen LogP contribution in [0.5, 0.6) is 11.5 Å². The van der Waals surface area contributed by atoms with Crippen molar-refractivity contribution in [1.82, 2.24) is 15.1 Å². The van der Waals surface area contributed by atoms with Gasteiger partial charge in [-0.05, 0) is 25.5 Å². The van der Waals surface area contributed by atoms with E-state index < -0.39 is 0 Å². The number of nitrogens with one attached hydrogen (secondary N) is 1. The van der Waals surface area contributed by atoms with Gasteiger partial charge in [0, 0.05) is 12.1 Å². The minimum absolute atomic E-state index is 0.276. The second-order valence-corrected chi connectivity index (χ2v) is 7.09. The molecule has 29 heavy (non-hydrogen) atoms. The monoisotopic (exact) mass is 413 g/mol. The standard InChI is InChI=1S/C22H24ClN3O3/c1-14-8-10-16(11-9-14)13-26-21(23)19(15(2)25-26)22(27)24-12-17-6-5-7-18(28-3)20(17)29-4/h5-11H,12-13H2,1-4H3,(H,24,27). The maximum atomic E-state index is 12.8. The highest BCUT2D eigenvalue weighted by Gasteiger charge is 2.21. The van der Waals surface area contributed by atoms with Crippen LogP contribution in [0.1, 0.15) is 32.7 Å². The van der Waals surface area contributed by atoms with Crippen LogP contribution < -0.4 is 14.8 Å². The second kappa shape index (κ2) is 9.01. The Morgan fingerprint density at radius 3 is 2.48 bits per heavy atom. The molecule has 0 bridgehead atoms. The summed E-state index contributed by atoms with van der Waals surface area (Å²) in [6.07, 6.45) is 0. The van der Waals surface area contributed by atoms with E-state index in [0.717, 1.165) is 11.1 Å². The number of halogens is 1. The van der Waals surface area contributed by atoms with E-state index in [1.807, 2.05) is 43.3 Å². The van der Waals surface area contributed by atoms with Gasteiger partial charge in [-0.15, -0.1) is 0 Å². The van der Waals surface area contributed by atoms with E-state index in [0.29, 0.717) is 34.5 Å². The first-order chi connectivity index (χ1) is 13.9. The molecular weight excluding hydrogens is 390 g/mol. The van der Waals surface area contributed by atoms with Crippen LogP contribution in [0.15, 0.2) is 42.5 Å². The zero-order valence-corrected chi connectivity index (χ0v) is 17.7. The normalized spacial score (nSPS) is 10.7. The van der Waals surface area contributed by atoms with E-state index in [1.165, 1.54) is 5.56 Å². The third kappa shape index (κ3) is 4.54. The van der Waals surface area contributed by atoms with Crippen LogP contribution >= 0.6 is 11.6 Å². The molecule has 0 radical (unpaired) electrons. The highest BCUT2D eigenvalue weighted by Crippen LogP contribution is 2.30. The van der Waals surface area contributed by atoms with Gasteiger partial charge in [-0.25, -0.2) is 4.68 Å². The van der Waals surface area contributed by atoms with Crippen molar-refractivity contribution in [3.8, 4) is 11.5 Å². The van der Waals surface area contributed by atoms with Crippen molar-refractivity contribution < 1.29 is 14.3 Å². The summed E-state index contributed by atoms with van der Waals surface area (Å²) in [5.41, 5.74) is 4.01. The Balaban J connectivity index is 1.76. The highest BCUT2D eigenvalue weighted by molar-refractivity contribution is 6.33. The molecule has 0 saturated carbocycles. The number of aryl methyl sites for hydroxylation is 2. The van der Waals surface area contributed by atoms with Crippen LogP contribution in [-0.4, -0.2) is 29.9 Å². The number of rotatable bonds is 7. The molecule has 0 aliphatic rings. The summed E-state index contributed by atoms with van der Waals surface area (Å²) in [5.74, 6) is 0.917. The average molecular weight is 414 g/mol. The molecule has 152 valence electrons. The maximum Gasteiger partial charge on any atom is 0.256 e. The van der Waals surface area contributed by atoms with E-state index in [1.54, 1.807) is 31.9 Å². The first kappa shape index (κ1) is 20.7. The fraction of sp³-hybridized carbons (Fsp3) is 0.273. The number of carbonyl (C=O) groups is 1.